The molecular weight excluding hydrogens is 352 g/mol. The minimum Gasteiger partial charge on any atom is -0.493 e. The molecule has 0 bridgehead atoms. The summed E-state index contributed by atoms with van der Waals surface area (Å²) < 4.78 is 21.0. The number of carbonyl (C=O) groups is 2. The van der Waals surface area contributed by atoms with Crippen LogP contribution < -0.4 is 29.2 Å². The van der Waals surface area contributed by atoms with Crippen LogP contribution in [0.5, 0.6) is 23.0 Å². The van der Waals surface area contributed by atoms with E-state index in [9.17, 15) is 9.59 Å². The molecule has 142 valence electrons. The number of nitrogens with zero attached hydrogens (tertiary/aromatic N) is 1. The lowest BCUT2D eigenvalue weighted by Crippen LogP contribution is -2.36. The zero-order chi connectivity index (χ0) is 19.4. The molecule has 2 aromatic rings. The van der Waals surface area contributed by atoms with Crippen LogP contribution in [-0.4, -0.2) is 39.4 Å². The van der Waals surface area contributed by atoms with Crippen molar-refractivity contribution in [2.45, 2.75) is 6.92 Å². The molecule has 0 saturated heterocycles. The van der Waals surface area contributed by atoms with Gasteiger partial charge in [-0.25, -0.2) is 0 Å². The number of hydrogen-bond acceptors (Lipinski definition) is 6. The molecule has 3 rings (SSSR count). The van der Waals surface area contributed by atoms with Crippen LogP contribution in [0.1, 0.15) is 6.92 Å². The van der Waals surface area contributed by atoms with Crippen molar-refractivity contribution in [2.24, 2.45) is 0 Å². The zero-order valence-electron chi connectivity index (χ0n) is 15.3. The highest BCUT2D eigenvalue weighted by molar-refractivity contribution is 6.02. The number of methoxy groups -OCH3 is 2. The third kappa shape index (κ3) is 4.05. The molecule has 1 aliphatic heterocycles. The van der Waals surface area contributed by atoms with Crippen LogP contribution >= 0.6 is 0 Å². The first-order valence-corrected chi connectivity index (χ1v) is 8.21. The summed E-state index contributed by atoms with van der Waals surface area (Å²) in [5, 5.41) is 2.75. The molecule has 1 N–H and O–H groups in total. The standard InChI is InChI=1S/C19H20N2O6/c1-12(22)21(14-5-7-15(24-2)17(9-14)25-3)10-19(23)20-13-4-6-16-18(8-13)27-11-26-16/h4-9H,10-11H2,1-3H3,(H,20,23). The van der Waals surface area contributed by atoms with Gasteiger partial charge < -0.3 is 29.2 Å². The van der Waals surface area contributed by atoms with Crippen LogP contribution in [0, 0.1) is 0 Å². The van der Waals surface area contributed by atoms with E-state index >= 15 is 0 Å². The summed E-state index contributed by atoms with van der Waals surface area (Å²) in [5.41, 5.74) is 1.08. The molecule has 1 aliphatic rings. The van der Waals surface area contributed by atoms with Gasteiger partial charge in [-0.3, -0.25) is 9.59 Å². The molecule has 0 unspecified atom stereocenters. The monoisotopic (exact) mass is 372 g/mol. The number of rotatable bonds is 6. The molecule has 2 amide bonds. The summed E-state index contributed by atoms with van der Waals surface area (Å²) in [6.07, 6.45) is 0. The van der Waals surface area contributed by atoms with E-state index in [1.165, 1.54) is 26.0 Å². The molecule has 2 aromatic carbocycles. The predicted octanol–water partition coefficient (Wildman–Crippen LogP) is 2.42. The van der Waals surface area contributed by atoms with Gasteiger partial charge in [0.25, 0.3) is 0 Å². The van der Waals surface area contributed by atoms with E-state index in [-0.39, 0.29) is 25.2 Å². The second kappa shape index (κ2) is 7.86. The number of benzene rings is 2. The zero-order valence-corrected chi connectivity index (χ0v) is 15.3. The Morgan fingerprint density at radius 2 is 1.78 bits per heavy atom. The molecule has 0 radical (unpaired) electrons. The fourth-order valence-electron chi connectivity index (χ4n) is 2.70. The average molecular weight is 372 g/mol. The SMILES string of the molecule is COc1ccc(N(CC(=O)Nc2ccc3c(c2)OCO3)C(C)=O)cc1OC. The fourth-order valence-corrected chi connectivity index (χ4v) is 2.70. The van der Waals surface area contributed by atoms with Gasteiger partial charge in [0.1, 0.15) is 6.54 Å². The van der Waals surface area contributed by atoms with E-state index in [2.05, 4.69) is 5.32 Å². The van der Waals surface area contributed by atoms with Crippen LogP contribution in [0.15, 0.2) is 36.4 Å². The second-order valence-corrected chi connectivity index (χ2v) is 5.76. The summed E-state index contributed by atoms with van der Waals surface area (Å²) in [7, 11) is 3.03. The van der Waals surface area contributed by atoms with E-state index in [0.717, 1.165) is 0 Å². The highest BCUT2D eigenvalue weighted by Gasteiger charge is 2.19. The van der Waals surface area contributed by atoms with Gasteiger partial charge >= 0.3 is 0 Å². The van der Waals surface area contributed by atoms with E-state index in [4.69, 9.17) is 18.9 Å². The summed E-state index contributed by atoms with van der Waals surface area (Å²) in [6, 6.07) is 10.1. The van der Waals surface area contributed by atoms with E-state index < -0.39 is 0 Å². The van der Waals surface area contributed by atoms with Gasteiger partial charge in [0.15, 0.2) is 23.0 Å². The second-order valence-electron chi connectivity index (χ2n) is 5.76. The highest BCUT2D eigenvalue weighted by Crippen LogP contribution is 2.34. The van der Waals surface area contributed by atoms with Crippen molar-refractivity contribution in [3.05, 3.63) is 36.4 Å². The number of fused-ring (bicyclic) bond motifs is 1. The molecular formula is C19H20N2O6. The normalized spacial score (nSPS) is 11.7. The third-order valence-electron chi connectivity index (χ3n) is 4.02. The lowest BCUT2D eigenvalue weighted by atomic mass is 10.2. The Balaban J connectivity index is 1.74. The van der Waals surface area contributed by atoms with E-state index in [0.29, 0.717) is 34.4 Å². The van der Waals surface area contributed by atoms with E-state index in [1.807, 2.05) is 0 Å². The molecule has 0 spiro atoms. The maximum atomic E-state index is 12.4. The maximum absolute atomic E-state index is 12.4. The lowest BCUT2D eigenvalue weighted by Gasteiger charge is -2.22. The average Bonchev–Trinajstić information content (AvgIpc) is 3.13. The van der Waals surface area contributed by atoms with Crippen LogP contribution in [0.25, 0.3) is 0 Å². The molecule has 0 atom stereocenters. The van der Waals surface area contributed by atoms with Crippen LogP contribution in [-0.2, 0) is 9.59 Å². The number of ether oxygens (including phenoxy) is 4. The first-order valence-electron chi connectivity index (χ1n) is 8.21. The largest absolute Gasteiger partial charge is 0.493 e. The van der Waals surface area contributed by atoms with Crippen molar-refractivity contribution in [1.82, 2.24) is 0 Å². The van der Waals surface area contributed by atoms with Crippen LogP contribution in [0.4, 0.5) is 11.4 Å². The van der Waals surface area contributed by atoms with E-state index in [1.54, 1.807) is 36.4 Å². The number of nitrogens with one attached hydrogen (secondary N) is 1. The smallest absolute Gasteiger partial charge is 0.244 e. The third-order valence-corrected chi connectivity index (χ3v) is 4.02. The number of hydrogen-bond donors (Lipinski definition) is 1. The lowest BCUT2D eigenvalue weighted by molar-refractivity contribution is -0.120. The van der Waals surface area contributed by atoms with Crippen molar-refractivity contribution < 1.29 is 28.5 Å². The summed E-state index contributed by atoms with van der Waals surface area (Å²) in [4.78, 5) is 25.9. The van der Waals surface area contributed by atoms with Crippen molar-refractivity contribution in [1.29, 1.82) is 0 Å². The Morgan fingerprint density at radius 1 is 1.04 bits per heavy atom. The Morgan fingerprint density at radius 3 is 2.48 bits per heavy atom. The van der Waals surface area contributed by atoms with Crippen molar-refractivity contribution >= 4 is 23.2 Å². The Bertz CT molecular complexity index is 867. The summed E-state index contributed by atoms with van der Waals surface area (Å²) in [5.74, 6) is 1.58. The fraction of sp³-hybridized carbons (Fsp3) is 0.263. The van der Waals surface area contributed by atoms with Gasteiger partial charge in [-0.1, -0.05) is 0 Å². The molecule has 1 heterocycles. The van der Waals surface area contributed by atoms with Crippen LogP contribution in [0.3, 0.4) is 0 Å². The number of amides is 2. The van der Waals surface area contributed by atoms with Gasteiger partial charge in [-0.2, -0.15) is 0 Å². The number of anilines is 2. The Labute approximate surface area is 156 Å². The van der Waals surface area contributed by atoms with Gasteiger partial charge in [-0.15, -0.1) is 0 Å². The van der Waals surface area contributed by atoms with Crippen molar-refractivity contribution in [2.75, 3.05) is 37.8 Å². The molecule has 8 nitrogen and oxygen atoms in total. The molecule has 8 heteroatoms. The summed E-state index contributed by atoms with van der Waals surface area (Å²) in [6.45, 7) is 1.40. The molecule has 0 fully saturated rings. The van der Waals surface area contributed by atoms with Gasteiger partial charge in [0.05, 0.1) is 14.2 Å². The summed E-state index contributed by atoms with van der Waals surface area (Å²) >= 11 is 0. The topological polar surface area (TPSA) is 86.3 Å². The predicted molar refractivity (Wildman–Crippen MR) is 98.8 cm³/mol. The first kappa shape index (κ1) is 18.4. The minimum atomic E-state index is -0.348. The number of carbonyl (C=O) groups excluding carboxylic acids is 2. The Hall–Kier alpha value is -3.42. The first-order chi connectivity index (χ1) is 13.0. The van der Waals surface area contributed by atoms with Crippen LogP contribution in [0.2, 0.25) is 0 Å². The van der Waals surface area contributed by atoms with Gasteiger partial charge in [-0.05, 0) is 24.3 Å². The van der Waals surface area contributed by atoms with Crippen molar-refractivity contribution in [3.8, 4) is 23.0 Å². The quantitative estimate of drug-likeness (QED) is 0.838. The minimum absolute atomic E-state index is 0.154. The molecule has 0 aliphatic carbocycles. The van der Waals surface area contributed by atoms with Gasteiger partial charge in [0, 0.05) is 30.4 Å². The Kier molecular flexibility index (Phi) is 5.35. The highest BCUT2D eigenvalue weighted by atomic mass is 16.7. The van der Waals surface area contributed by atoms with Gasteiger partial charge in [0.2, 0.25) is 18.6 Å². The van der Waals surface area contributed by atoms with Crippen molar-refractivity contribution in [3.63, 3.8) is 0 Å². The molecule has 27 heavy (non-hydrogen) atoms. The molecule has 0 aromatic heterocycles. The molecule has 0 saturated carbocycles. The maximum Gasteiger partial charge on any atom is 0.244 e.